The molecule has 0 radical (unpaired) electrons. The zero-order valence-electron chi connectivity index (χ0n) is 18.8. The Morgan fingerprint density at radius 1 is 1.12 bits per heavy atom. The monoisotopic (exact) mass is 468 g/mol. The molecule has 0 aliphatic carbocycles. The zero-order chi connectivity index (χ0) is 24.1. The quantitative estimate of drug-likeness (QED) is 0.479. The van der Waals surface area contributed by atoms with Gasteiger partial charge in [0.25, 0.3) is 11.8 Å². The number of para-hydroxylation sites is 1. The smallest absolute Gasteiger partial charge is 0.340 e. The lowest BCUT2D eigenvalue weighted by Crippen LogP contribution is -2.31. The molecule has 2 aromatic carbocycles. The zero-order valence-corrected chi connectivity index (χ0v) is 19.6. The first kappa shape index (κ1) is 24.1. The van der Waals surface area contributed by atoms with Crippen molar-refractivity contribution in [2.45, 2.75) is 26.8 Å². The lowest BCUT2D eigenvalue weighted by atomic mass is 10.0. The van der Waals surface area contributed by atoms with Crippen molar-refractivity contribution >= 4 is 41.1 Å². The summed E-state index contributed by atoms with van der Waals surface area (Å²) in [6.45, 7) is 5.30. The van der Waals surface area contributed by atoms with Crippen molar-refractivity contribution in [1.82, 2.24) is 4.90 Å². The standard InChI is InChI=1S/C25H25ClN2O5/c1-15(2)28-16(3)23(25(31)32-4)19(24(28)30)13-17-9-11-18(12-10-17)33-14-22(29)27-21-8-6-5-7-20(21)26/h5-13,15H,14H2,1-4H3,(H,27,29). The average molecular weight is 469 g/mol. The first-order chi connectivity index (χ1) is 15.7. The van der Waals surface area contributed by atoms with Crippen LogP contribution in [0.4, 0.5) is 5.69 Å². The number of carbonyl (C=O) groups excluding carboxylic acids is 3. The largest absolute Gasteiger partial charge is 0.484 e. The Kier molecular flexibility index (Phi) is 7.55. The number of hydrogen-bond acceptors (Lipinski definition) is 5. The van der Waals surface area contributed by atoms with E-state index in [1.807, 2.05) is 13.8 Å². The van der Waals surface area contributed by atoms with Crippen molar-refractivity contribution in [1.29, 1.82) is 0 Å². The predicted octanol–water partition coefficient (Wildman–Crippen LogP) is 4.44. The maximum absolute atomic E-state index is 12.9. The molecule has 172 valence electrons. The number of hydrogen-bond donors (Lipinski definition) is 1. The van der Waals surface area contributed by atoms with Crippen LogP contribution in [0.25, 0.3) is 6.08 Å². The minimum absolute atomic E-state index is 0.101. The highest BCUT2D eigenvalue weighted by atomic mass is 35.5. The molecule has 0 atom stereocenters. The molecule has 1 heterocycles. The van der Waals surface area contributed by atoms with Gasteiger partial charge in [0.1, 0.15) is 5.75 Å². The van der Waals surface area contributed by atoms with Crippen molar-refractivity contribution in [3.8, 4) is 5.75 Å². The fourth-order valence-electron chi connectivity index (χ4n) is 3.54. The molecule has 2 amide bonds. The van der Waals surface area contributed by atoms with E-state index in [1.54, 1.807) is 66.4 Å². The molecule has 0 spiro atoms. The average Bonchev–Trinajstić information content (AvgIpc) is 3.03. The van der Waals surface area contributed by atoms with Gasteiger partial charge in [0, 0.05) is 11.7 Å². The maximum Gasteiger partial charge on any atom is 0.340 e. The molecule has 0 saturated carbocycles. The number of halogens is 1. The van der Waals surface area contributed by atoms with Gasteiger partial charge >= 0.3 is 5.97 Å². The Balaban J connectivity index is 1.71. The highest BCUT2D eigenvalue weighted by Crippen LogP contribution is 2.33. The van der Waals surface area contributed by atoms with Crippen molar-refractivity contribution in [2.24, 2.45) is 0 Å². The summed E-state index contributed by atoms with van der Waals surface area (Å²) in [7, 11) is 1.29. The number of esters is 1. The third-order valence-corrected chi connectivity index (χ3v) is 5.39. The minimum Gasteiger partial charge on any atom is -0.484 e. The molecule has 8 heteroatoms. The van der Waals surface area contributed by atoms with Crippen LogP contribution >= 0.6 is 11.6 Å². The molecule has 2 aromatic rings. The van der Waals surface area contributed by atoms with Gasteiger partial charge in [0.15, 0.2) is 6.61 Å². The van der Waals surface area contributed by atoms with Gasteiger partial charge in [0.2, 0.25) is 0 Å². The Labute approximate surface area is 197 Å². The number of nitrogens with zero attached hydrogens (tertiary/aromatic N) is 1. The number of nitrogens with one attached hydrogen (secondary N) is 1. The summed E-state index contributed by atoms with van der Waals surface area (Å²) in [5.74, 6) is -0.671. The molecule has 33 heavy (non-hydrogen) atoms. The molecule has 0 fully saturated rings. The van der Waals surface area contributed by atoms with Gasteiger partial charge < -0.3 is 19.7 Å². The molecule has 3 rings (SSSR count). The first-order valence-corrected chi connectivity index (χ1v) is 10.7. The van der Waals surface area contributed by atoms with E-state index in [2.05, 4.69) is 5.32 Å². The van der Waals surface area contributed by atoms with Crippen LogP contribution in [0.5, 0.6) is 5.75 Å². The molecule has 7 nitrogen and oxygen atoms in total. The number of amides is 2. The van der Waals surface area contributed by atoms with E-state index < -0.39 is 5.97 Å². The van der Waals surface area contributed by atoms with Crippen LogP contribution < -0.4 is 10.1 Å². The van der Waals surface area contributed by atoms with E-state index in [4.69, 9.17) is 21.1 Å². The summed E-state index contributed by atoms with van der Waals surface area (Å²) >= 11 is 6.04. The summed E-state index contributed by atoms with van der Waals surface area (Å²) in [6, 6.07) is 13.7. The second kappa shape index (κ2) is 10.4. The second-order valence-corrected chi connectivity index (χ2v) is 8.07. The normalized spacial score (nSPS) is 14.8. The number of ether oxygens (including phenoxy) is 2. The van der Waals surface area contributed by atoms with Crippen molar-refractivity contribution in [3.05, 3.63) is 76.0 Å². The predicted molar refractivity (Wildman–Crippen MR) is 127 cm³/mol. The van der Waals surface area contributed by atoms with Gasteiger partial charge in [-0.2, -0.15) is 0 Å². The van der Waals surface area contributed by atoms with E-state index in [-0.39, 0.29) is 35.6 Å². The number of carbonyl (C=O) groups is 3. The fraction of sp³-hybridized carbons (Fsp3) is 0.240. The van der Waals surface area contributed by atoms with Crippen LogP contribution in [-0.4, -0.2) is 42.4 Å². The number of methoxy groups -OCH3 is 1. The van der Waals surface area contributed by atoms with E-state index in [0.717, 1.165) is 0 Å². The SMILES string of the molecule is COC(=O)C1=C(C)N(C(C)C)C(=O)C1=Cc1ccc(OCC(=O)Nc2ccccc2Cl)cc1. The van der Waals surface area contributed by atoms with Gasteiger partial charge in [-0.25, -0.2) is 4.79 Å². The van der Waals surface area contributed by atoms with E-state index in [0.29, 0.717) is 27.7 Å². The van der Waals surface area contributed by atoms with Gasteiger partial charge in [-0.1, -0.05) is 35.9 Å². The van der Waals surface area contributed by atoms with Crippen LogP contribution in [0.2, 0.25) is 5.02 Å². The Morgan fingerprint density at radius 2 is 1.79 bits per heavy atom. The Bertz CT molecular complexity index is 1140. The molecule has 0 bridgehead atoms. The van der Waals surface area contributed by atoms with Gasteiger partial charge in [-0.15, -0.1) is 0 Å². The van der Waals surface area contributed by atoms with Gasteiger partial charge in [-0.05, 0) is 56.7 Å². The summed E-state index contributed by atoms with van der Waals surface area (Å²) < 4.78 is 10.4. The van der Waals surface area contributed by atoms with Crippen molar-refractivity contribution < 1.29 is 23.9 Å². The lowest BCUT2D eigenvalue weighted by molar-refractivity contribution is -0.136. The maximum atomic E-state index is 12.9. The highest BCUT2D eigenvalue weighted by Gasteiger charge is 2.38. The molecule has 0 aromatic heterocycles. The van der Waals surface area contributed by atoms with Crippen LogP contribution in [0.3, 0.4) is 0 Å². The molecular formula is C25H25ClN2O5. The third kappa shape index (κ3) is 5.43. The van der Waals surface area contributed by atoms with Crippen LogP contribution in [0.15, 0.2) is 65.4 Å². The van der Waals surface area contributed by atoms with Crippen molar-refractivity contribution in [2.75, 3.05) is 19.0 Å². The first-order valence-electron chi connectivity index (χ1n) is 10.3. The second-order valence-electron chi connectivity index (χ2n) is 7.66. The van der Waals surface area contributed by atoms with Crippen LogP contribution in [0.1, 0.15) is 26.3 Å². The van der Waals surface area contributed by atoms with E-state index in [1.165, 1.54) is 7.11 Å². The molecular weight excluding hydrogens is 444 g/mol. The lowest BCUT2D eigenvalue weighted by Gasteiger charge is -2.22. The fourth-order valence-corrected chi connectivity index (χ4v) is 3.73. The molecule has 1 N–H and O–H groups in total. The summed E-state index contributed by atoms with van der Waals surface area (Å²) in [5, 5.41) is 3.13. The Hall–Kier alpha value is -3.58. The number of rotatable bonds is 7. The third-order valence-electron chi connectivity index (χ3n) is 5.06. The van der Waals surface area contributed by atoms with E-state index in [9.17, 15) is 14.4 Å². The van der Waals surface area contributed by atoms with Crippen molar-refractivity contribution in [3.63, 3.8) is 0 Å². The highest BCUT2D eigenvalue weighted by molar-refractivity contribution is 6.33. The van der Waals surface area contributed by atoms with Crippen LogP contribution in [-0.2, 0) is 19.1 Å². The summed E-state index contributed by atoms with van der Waals surface area (Å²) in [5.41, 5.74) is 2.31. The van der Waals surface area contributed by atoms with Gasteiger partial charge in [-0.3, -0.25) is 9.59 Å². The van der Waals surface area contributed by atoms with E-state index >= 15 is 0 Å². The molecule has 0 unspecified atom stereocenters. The minimum atomic E-state index is -0.556. The molecule has 0 saturated heterocycles. The molecule has 1 aliphatic heterocycles. The Morgan fingerprint density at radius 3 is 2.39 bits per heavy atom. The number of allylic oxidation sites excluding steroid dienone is 1. The van der Waals surface area contributed by atoms with Crippen LogP contribution in [0, 0.1) is 0 Å². The summed E-state index contributed by atoms with van der Waals surface area (Å²) in [6.07, 6.45) is 1.65. The number of benzene rings is 2. The topological polar surface area (TPSA) is 84.9 Å². The number of anilines is 1. The summed E-state index contributed by atoms with van der Waals surface area (Å²) in [4.78, 5) is 39.0. The van der Waals surface area contributed by atoms with Gasteiger partial charge in [0.05, 0.1) is 29.0 Å². The molecule has 1 aliphatic rings.